The predicted octanol–water partition coefficient (Wildman–Crippen LogP) is -0.161. The van der Waals surface area contributed by atoms with Crippen molar-refractivity contribution in [1.29, 1.82) is 0 Å². The summed E-state index contributed by atoms with van der Waals surface area (Å²) in [6.45, 7) is -0.475. The van der Waals surface area contributed by atoms with Crippen molar-refractivity contribution in [2.45, 2.75) is 17.0 Å². The van der Waals surface area contributed by atoms with Crippen molar-refractivity contribution in [2.75, 3.05) is 18.7 Å². The fourth-order valence-electron chi connectivity index (χ4n) is 1.61. The first-order valence-electron chi connectivity index (χ1n) is 5.74. The normalized spacial score (nSPS) is 14.6. The Morgan fingerprint density at radius 2 is 1.90 bits per heavy atom. The summed E-state index contributed by atoms with van der Waals surface area (Å²) in [6, 6.07) is 4.65. The molecule has 0 fully saturated rings. The maximum atomic E-state index is 11.3. The lowest BCUT2D eigenvalue weighted by Crippen LogP contribution is -2.42. The van der Waals surface area contributed by atoms with E-state index in [9.17, 15) is 23.4 Å². The van der Waals surface area contributed by atoms with Gasteiger partial charge in [0.2, 0.25) is 5.91 Å². The number of nitrogens with one attached hydrogen (secondary N) is 1. The summed E-state index contributed by atoms with van der Waals surface area (Å²) < 4.78 is 22.6. The number of halogens is 1. The van der Waals surface area contributed by atoms with Gasteiger partial charge in [0.25, 0.3) is 0 Å². The SMILES string of the molecule is CS(=O)(=O)c1ccc([C@H](O)[C@@H](CO)NC(=O)CCl)cc1. The first-order valence-corrected chi connectivity index (χ1v) is 8.16. The maximum Gasteiger partial charge on any atom is 0.235 e. The molecule has 112 valence electrons. The average Bonchev–Trinajstić information content (AvgIpc) is 2.42. The molecule has 1 aromatic rings. The average molecular weight is 322 g/mol. The molecule has 0 aliphatic heterocycles. The lowest BCUT2D eigenvalue weighted by Gasteiger charge is -2.22. The van der Waals surface area contributed by atoms with Gasteiger partial charge in [0.15, 0.2) is 9.84 Å². The number of carbonyl (C=O) groups is 1. The quantitative estimate of drug-likeness (QED) is 0.632. The Hall–Kier alpha value is -1.15. The van der Waals surface area contributed by atoms with E-state index in [1.54, 1.807) is 0 Å². The highest BCUT2D eigenvalue weighted by atomic mass is 35.5. The fourth-order valence-corrected chi connectivity index (χ4v) is 2.32. The predicted molar refractivity (Wildman–Crippen MR) is 74.2 cm³/mol. The van der Waals surface area contributed by atoms with Gasteiger partial charge >= 0.3 is 0 Å². The molecule has 0 saturated heterocycles. The third-order valence-corrected chi connectivity index (χ3v) is 4.07. The Bertz CT molecular complexity index is 558. The highest BCUT2D eigenvalue weighted by Gasteiger charge is 2.22. The Morgan fingerprint density at radius 3 is 2.30 bits per heavy atom. The highest BCUT2D eigenvalue weighted by Crippen LogP contribution is 2.19. The van der Waals surface area contributed by atoms with Crippen molar-refractivity contribution < 1.29 is 23.4 Å². The van der Waals surface area contributed by atoms with E-state index >= 15 is 0 Å². The van der Waals surface area contributed by atoms with Crippen molar-refractivity contribution in [3.05, 3.63) is 29.8 Å². The van der Waals surface area contributed by atoms with Crippen LogP contribution in [0.5, 0.6) is 0 Å². The van der Waals surface area contributed by atoms with Crippen molar-refractivity contribution >= 4 is 27.3 Å². The van der Waals surface area contributed by atoms with Gasteiger partial charge in [0, 0.05) is 6.26 Å². The summed E-state index contributed by atoms with van der Waals surface area (Å²) in [4.78, 5) is 11.3. The Morgan fingerprint density at radius 1 is 1.35 bits per heavy atom. The minimum Gasteiger partial charge on any atom is -0.394 e. The summed E-state index contributed by atoms with van der Waals surface area (Å²) in [5.41, 5.74) is 0.381. The molecule has 0 aliphatic carbocycles. The van der Waals surface area contributed by atoms with Crippen molar-refractivity contribution in [3.63, 3.8) is 0 Å². The molecule has 1 aromatic carbocycles. The van der Waals surface area contributed by atoms with Crippen LogP contribution in [0.25, 0.3) is 0 Å². The molecule has 0 bridgehead atoms. The first-order chi connectivity index (χ1) is 9.29. The van der Waals surface area contributed by atoms with Crippen molar-refractivity contribution in [2.24, 2.45) is 0 Å². The molecule has 1 rings (SSSR count). The molecule has 3 N–H and O–H groups in total. The summed E-state index contributed by atoms with van der Waals surface area (Å²) >= 11 is 5.33. The number of hydrogen-bond donors (Lipinski definition) is 3. The van der Waals surface area contributed by atoms with Crippen LogP contribution in [0.2, 0.25) is 0 Å². The molecular weight excluding hydrogens is 306 g/mol. The van der Waals surface area contributed by atoms with Crippen LogP contribution in [0.4, 0.5) is 0 Å². The second kappa shape index (κ2) is 7.03. The van der Waals surface area contributed by atoms with Gasteiger partial charge in [-0.25, -0.2) is 8.42 Å². The number of rotatable bonds is 6. The Balaban J connectivity index is 2.90. The highest BCUT2D eigenvalue weighted by molar-refractivity contribution is 7.90. The standard InChI is InChI=1S/C12H16ClNO5S/c1-20(18,19)9-4-2-8(3-5-9)12(17)10(7-15)14-11(16)6-13/h2-5,10,12,15,17H,6-7H2,1H3,(H,14,16)/t10-,12+/m1/s1. The molecule has 6 nitrogen and oxygen atoms in total. The summed E-state index contributed by atoms with van der Waals surface area (Å²) in [5.74, 6) is -0.798. The number of aliphatic hydroxyl groups is 2. The van der Waals surface area contributed by atoms with Gasteiger partial charge in [0.05, 0.1) is 17.5 Å². The monoisotopic (exact) mass is 321 g/mol. The van der Waals surface area contributed by atoms with Crippen molar-refractivity contribution in [3.8, 4) is 0 Å². The molecule has 0 aromatic heterocycles. The third-order valence-electron chi connectivity index (χ3n) is 2.70. The zero-order chi connectivity index (χ0) is 15.3. The number of alkyl halides is 1. The first kappa shape index (κ1) is 16.9. The van der Waals surface area contributed by atoms with Crippen LogP contribution in [0.3, 0.4) is 0 Å². The van der Waals surface area contributed by atoms with Gasteiger partial charge in [-0.2, -0.15) is 0 Å². The number of carbonyl (C=O) groups excluding carboxylic acids is 1. The topological polar surface area (TPSA) is 104 Å². The molecular formula is C12H16ClNO5S. The van der Waals surface area contributed by atoms with E-state index in [0.717, 1.165) is 6.26 Å². The maximum absolute atomic E-state index is 11.3. The van der Waals surface area contributed by atoms with Crippen LogP contribution in [-0.2, 0) is 14.6 Å². The summed E-state index contributed by atoms with van der Waals surface area (Å²) in [7, 11) is -3.31. The van der Waals surface area contributed by atoms with Crippen LogP contribution in [-0.4, -0.2) is 49.3 Å². The zero-order valence-corrected chi connectivity index (χ0v) is 12.4. The minimum absolute atomic E-state index is 0.124. The smallest absolute Gasteiger partial charge is 0.235 e. The molecule has 0 radical (unpaired) electrons. The minimum atomic E-state index is -3.31. The van der Waals surface area contributed by atoms with Crippen LogP contribution in [0.15, 0.2) is 29.2 Å². The zero-order valence-electron chi connectivity index (χ0n) is 10.8. The molecule has 8 heteroatoms. The lowest BCUT2D eigenvalue weighted by atomic mass is 10.0. The third kappa shape index (κ3) is 4.45. The van der Waals surface area contributed by atoms with E-state index in [4.69, 9.17) is 11.6 Å². The number of amides is 1. The van der Waals surface area contributed by atoms with E-state index < -0.39 is 34.5 Å². The second-order valence-electron chi connectivity index (χ2n) is 4.28. The van der Waals surface area contributed by atoms with Gasteiger partial charge in [0.1, 0.15) is 12.0 Å². The number of hydrogen-bond acceptors (Lipinski definition) is 5. The Labute approximate surface area is 122 Å². The molecule has 0 unspecified atom stereocenters. The summed E-state index contributed by atoms with van der Waals surface area (Å²) in [5, 5.41) is 21.6. The van der Waals surface area contributed by atoms with E-state index in [0.29, 0.717) is 5.56 Å². The lowest BCUT2D eigenvalue weighted by molar-refractivity contribution is -0.120. The number of benzene rings is 1. The largest absolute Gasteiger partial charge is 0.394 e. The van der Waals surface area contributed by atoms with Crippen LogP contribution < -0.4 is 5.32 Å². The molecule has 20 heavy (non-hydrogen) atoms. The van der Waals surface area contributed by atoms with E-state index in [1.807, 2.05) is 0 Å². The fraction of sp³-hybridized carbons (Fsp3) is 0.417. The van der Waals surface area contributed by atoms with Crippen molar-refractivity contribution in [1.82, 2.24) is 5.32 Å². The molecule has 0 spiro atoms. The van der Waals surface area contributed by atoms with E-state index in [2.05, 4.69) is 5.32 Å². The van der Waals surface area contributed by atoms with Gasteiger partial charge in [-0.05, 0) is 17.7 Å². The van der Waals surface area contributed by atoms with Crippen LogP contribution in [0.1, 0.15) is 11.7 Å². The second-order valence-corrected chi connectivity index (χ2v) is 6.56. The van der Waals surface area contributed by atoms with Gasteiger partial charge in [-0.15, -0.1) is 11.6 Å². The van der Waals surface area contributed by atoms with Crippen LogP contribution in [0, 0.1) is 0 Å². The molecule has 0 saturated carbocycles. The Kier molecular flexibility index (Phi) is 5.94. The molecule has 0 heterocycles. The number of aliphatic hydroxyl groups excluding tert-OH is 2. The van der Waals surface area contributed by atoms with E-state index in [1.165, 1.54) is 24.3 Å². The summed E-state index contributed by atoms with van der Waals surface area (Å²) in [6.07, 6.45) is -0.0869. The number of sulfone groups is 1. The molecule has 2 atom stereocenters. The van der Waals surface area contributed by atoms with Crippen LogP contribution >= 0.6 is 11.6 Å². The molecule has 1 amide bonds. The van der Waals surface area contributed by atoms with Gasteiger partial charge in [-0.1, -0.05) is 12.1 Å². The van der Waals surface area contributed by atoms with E-state index in [-0.39, 0.29) is 10.8 Å². The van der Waals surface area contributed by atoms with Gasteiger partial charge in [-0.3, -0.25) is 4.79 Å². The molecule has 0 aliphatic rings. The van der Waals surface area contributed by atoms with Gasteiger partial charge < -0.3 is 15.5 Å².